The molecule has 0 radical (unpaired) electrons. The summed E-state index contributed by atoms with van der Waals surface area (Å²) in [5.74, 6) is -0.842. The van der Waals surface area contributed by atoms with Crippen molar-refractivity contribution < 1.29 is 9.59 Å². The maximum absolute atomic E-state index is 12.2. The van der Waals surface area contributed by atoms with Crippen LogP contribution in [0, 0.1) is 0 Å². The molecule has 0 atom stereocenters. The molecule has 108 valence electrons. The fourth-order valence-corrected chi connectivity index (χ4v) is 4.09. The molecule has 2 heterocycles. The summed E-state index contributed by atoms with van der Waals surface area (Å²) < 4.78 is 0.582. The molecule has 0 aromatic carbocycles. The van der Waals surface area contributed by atoms with Gasteiger partial charge in [-0.3, -0.25) is 9.59 Å². The predicted octanol–water partition coefficient (Wildman–Crippen LogP) is 2.75. The second-order valence-corrected chi connectivity index (χ2v) is 6.64. The Morgan fingerprint density at radius 3 is 2.86 bits per heavy atom. The van der Waals surface area contributed by atoms with Gasteiger partial charge in [0, 0.05) is 4.88 Å². The number of pyridine rings is 1. The van der Waals surface area contributed by atoms with Crippen molar-refractivity contribution in [2.24, 2.45) is 5.73 Å². The molecule has 0 saturated carbocycles. The Balaban J connectivity index is 1.92. The van der Waals surface area contributed by atoms with Crippen molar-refractivity contribution in [2.45, 2.75) is 19.3 Å². The average Bonchev–Trinajstić information content (AvgIpc) is 2.98. The standard InChI is InChI=1S/C14H12BrN3O2S/c15-10-6-2-4-8(17-10)13(20)18-14-11(12(16)19)7-3-1-5-9(7)21-14/h2,4,6H,1,3,5H2,(H2,16,19)(H,18,20). The van der Waals surface area contributed by atoms with Crippen LogP contribution < -0.4 is 11.1 Å². The molecule has 21 heavy (non-hydrogen) atoms. The predicted molar refractivity (Wildman–Crippen MR) is 84.8 cm³/mol. The first-order chi connectivity index (χ1) is 10.1. The first kappa shape index (κ1) is 14.2. The van der Waals surface area contributed by atoms with Crippen LogP contribution in [0.5, 0.6) is 0 Å². The summed E-state index contributed by atoms with van der Waals surface area (Å²) in [6.45, 7) is 0. The third-order valence-corrected chi connectivity index (χ3v) is 4.99. The number of halogens is 1. The molecule has 3 N–H and O–H groups in total. The molecule has 1 aliphatic rings. The molecule has 0 bridgehead atoms. The topological polar surface area (TPSA) is 85.1 Å². The van der Waals surface area contributed by atoms with Gasteiger partial charge in [0.15, 0.2) is 0 Å². The van der Waals surface area contributed by atoms with E-state index >= 15 is 0 Å². The number of primary amides is 1. The van der Waals surface area contributed by atoms with Crippen LogP contribution in [0.1, 0.15) is 37.7 Å². The van der Waals surface area contributed by atoms with E-state index in [4.69, 9.17) is 5.73 Å². The summed E-state index contributed by atoms with van der Waals surface area (Å²) in [6.07, 6.45) is 2.81. The Morgan fingerprint density at radius 2 is 2.14 bits per heavy atom. The Morgan fingerprint density at radius 1 is 1.33 bits per heavy atom. The molecular weight excluding hydrogens is 354 g/mol. The zero-order valence-electron chi connectivity index (χ0n) is 11.0. The van der Waals surface area contributed by atoms with Crippen LogP contribution in [-0.4, -0.2) is 16.8 Å². The first-order valence-corrected chi connectivity index (χ1v) is 8.05. The smallest absolute Gasteiger partial charge is 0.274 e. The normalized spacial score (nSPS) is 13.0. The van der Waals surface area contributed by atoms with E-state index < -0.39 is 5.91 Å². The summed E-state index contributed by atoms with van der Waals surface area (Å²) in [7, 11) is 0. The second kappa shape index (κ2) is 5.57. The zero-order chi connectivity index (χ0) is 15.0. The lowest BCUT2D eigenvalue weighted by molar-refractivity contribution is 0.100. The quantitative estimate of drug-likeness (QED) is 0.820. The number of anilines is 1. The Bertz CT molecular complexity index is 742. The average molecular weight is 366 g/mol. The van der Waals surface area contributed by atoms with Gasteiger partial charge in [-0.15, -0.1) is 11.3 Å². The third-order valence-electron chi connectivity index (χ3n) is 3.34. The molecule has 0 fully saturated rings. The molecule has 0 spiro atoms. The van der Waals surface area contributed by atoms with Crippen molar-refractivity contribution in [1.82, 2.24) is 4.98 Å². The minimum absolute atomic E-state index is 0.286. The Kier molecular flexibility index (Phi) is 3.77. The van der Waals surface area contributed by atoms with Crippen LogP contribution in [0.4, 0.5) is 5.00 Å². The minimum Gasteiger partial charge on any atom is -0.365 e. The van der Waals surface area contributed by atoms with E-state index in [0.29, 0.717) is 15.2 Å². The van der Waals surface area contributed by atoms with Crippen LogP contribution in [0.3, 0.4) is 0 Å². The molecule has 0 aliphatic heterocycles. The number of rotatable bonds is 3. The second-order valence-electron chi connectivity index (χ2n) is 4.73. The summed E-state index contributed by atoms with van der Waals surface area (Å²) in [6, 6.07) is 5.09. The van der Waals surface area contributed by atoms with Gasteiger partial charge < -0.3 is 11.1 Å². The maximum Gasteiger partial charge on any atom is 0.274 e. The van der Waals surface area contributed by atoms with E-state index in [1.54, 1.807) is 18.2 Å². The lowest BCUT2D eigenvalue weighted by atomic mass is 10.1. The van der Waals surface area contributed by atoms with Crippen molar-refractivity contribution in [1.29, 1.82) is 0 Å². The molecular formula is C14H12BrN3O2S. The molecule has 0 unspecified atom stereocenters. The van der Waals surface area contributed by atoms with Crippen LogP contribution in [0.25, 0.3) is 0 Å². The molecule has 2 aromatic heterocycles. The van der Waals surface area contributed by atoms with Crippen molar-refractivity contribution >= 4 is 44.1 Å². The number of aryl methyl sites for hydroxylation is 1. The number of thiophene rings is 1. The number of fused-ring (bicyclic) bond motifs is 1. The monoisotopic (exact) mass is 365 g/mol. The molecule has 1 aliphatic carbocycles. The van der Waals surface area contributed by atoms with Crippen molar-refractivity contribution in [3.63, 3.8) is 0 Å². The highest BCUT2D eigenvalue weighted by atomic mass is 79.9. The minimum atomic E-state index is -0.494. The van der Waals surface area contributed by atoms with E-state index in [1.807, 2.05) is 0 Å². The fourth-order valence-electron chi connectivity index (χ4n) is 2.45. The number of carbonyl (C=O) groups excluding carboxylic acids is 2. The van der Waals surface area contributed by atoms with E-state index in [9.17, 15) is 9.59 Å². The van der Waals surface area contributed by atoms with Crippen LogP contribution in [0.15, 0.2) is 22.8 Å². The third kappa shape index (κ3) is 2.71. The highest BCUT2D eigenvalue weighted by Gasteiger charge is 2.26. The van der Waals surface area contributed by atoms with Crippen LogP contribution in [-0.2, 0) is 12.8 Å². The Hall–Kier alpha value is -1.73. The van der Waals surface area contributed by atoms with E-state index in [-0.39, 0.29) is 11.6 Å². The molecule has 2 aromatic rings. The SMILES string of the molecule is NC(=O)c1c(NC(=O)c2cccc(Br)n2)sc2c1CCC2. The zero-order valence-corrected chi connectivity index (χ0v) is 13.4. The number of hydrogen-bond donors (Lipinski definition) is 2. The largest absolute Gasteiger partial charge is 0.365 e. The van der Waals surface area contributed by atoms with Gasteiger partial charge in [0.1, 0.15) is 15.3 Å². The van der Waals surface area contributed by atoms with Crippen LogP contribution >= 0.6 is 27.3 Å². The highest BCUT2D eigenvalue weighted by Crippen LogP contribution is 2.38. The molecule has 2 amide bonds. The summed E-state index contributed by atoms with van der Waals surface area (Å²) in [5.41, 5.74) is 7.19. The van der Waals surface area contributed by atoms with Gasteiger partial charge in [-0.2, -0.15) is 0 Å². The molecule has 3 rings (SSSR count). The number of amides is 2. The number of nitrogens with zero attached hydrogens (tertiary/aromatic N) is 1. The highest BCUT2D eigenvalue weighted by molar-refractivity contribution is 9.10. The number of nitrogens with two attached hydrogens (primary N) is 1. The molecule has 7 heteroatoms. The van der Waals surface area contributed by atoms with Gasteiger partial charge in [-0.25, -0.2) is 4.98 Å². The van der Waals surface area contributed by atoms with Gasteiger partial charge in [0.2, 0.25) is 0 Å². The van der Waals surface area contributed by atoms with Crippen LogP contribution in [0.2, 0.25) is 0 Å². The first-order valence-electron chi connectivity index (χ1n) is 6.44. The van der Waals surface area contributed by atoms with E-state index in [0.717, 1.165) is 29.7 Å². The van der Waals surface area contributed by atoms with E-state index in [2.05, 4.69) is 26.2 Å². The number of nitrogens with one attached hydrogen (secondary N) is 1. The molecule has 0 saturated heterocycles. The van der Waals surface area contributed by atoms with Crippen molar-refractivity contribution in [2.75, 3.05) is 5.32 Å². The summed E-state index contributed by atoms with van der Waals surface area (Å²) in [5, 5.41) is 3.29. The summed E-state index contributed by atoms with van der Waals surface area (Å²) >= 11 is 4.66. The molecule has 5 nitrogen and oxygen atoms in total. The van der Waals surface area contributed by atoms with Gasteiger partial charge >= 0.3 is 0 Å². The van der Waals surface area contributed by atoms with Crippen molar-refractivity contribution in [3.05, 3.63) is 44.5 Å². The van der Waals surface area contributed by atoms with Gasteiger partial charge in [0.05, 0.1) is 5.56 Å². The van der Waals surface area contributed by atoms with Gasteiger partial charge in [-0.05, 0) is 52.9 Å². The lowest BCUT2D eigenvalue weighted by Crippen LogP contribution is -2.18. The number of hydrogen-bond acceptors (Lipinski definition) is 4. The summed E-state index contributed by atoms with van der Waals surface area (Å²) in [4.78, 5) is 29.1. The lowest BCUT2D eigenvalue weighted by Gasteiger charge is -2.05. The van der Waals surface area contributed by atoms with E-state index in [1.165, 1.54) is 11.3 Å². The fraction of sp³-hybridized carbons (Fsp3) is 0.214. The number of carbonyl (C=O) groups is 2. The number of aromatic nitrogens is 1. The maximum atomic E-state index is 12.2. The Labute approximate surface area is 133 Å². The van der Waals surface area contributed by atoms with Crippen molar-refractivity contribution in [3.8, 4) is 0 Å². The van der Waals surface area contributed by atoms with Gasteiger partial charge in [-0.1, -0.05) is 6.07 Å². The van der Waals surface area contributed by atoms with Gasteiger partial charge in [0.25, 0.3) is 11.8 Å².